The molecule has 0 aromatic rings. The van der Waals surface area contributed by atoms with Gasteiger partial charge in [-0.15, -0.1) is 0 Å². The number of piperazine rings is 1. The van der Waals surface area contributed by atoms with Crippen molar-refractivity contribution in [2.45, 2.75) is 18.4 Å². The maximum Gasteiger partial charge on any atom is 0.262 e. The fraction of sp³-hybridized carbons (Fsp3) is 1.00. The Balaban J connectivity index is 2.02. The van der Waals surface area contributed by atoms with Crippen molar-refractivity contribution in [3.8, 4) is 0 Å². The van der Waals surface area contributed by atoms with Gasteiger partial charge < -0.3 is 4.90 Å². The fourth-order valence-electron chi connectivity index (χ4n) is 2.16. The van der Waals surface area contributed by atoms with E-state index in [-0.39, 0.29) is 19.0 Å². The lowest BCUT2D eigenvalue weighted by Crippen LogP contribution is -2.48. The molecule has 70 valence electrons. The quantitative estimate of drug-likeness (QED) is 0.534. The second-order valence-corrected chi connectivity index (χ2v) is 3.95. The van der Waals surface area contributed by atoms with Crippen molar-refractivity contribution in [2.75, 3.05) is 33.2 Å². The highest BCUT2D eigenvalue weighted by molar-refractivity contribution is 4.94. The molecule has 2 aliphatic rings. The van der Waals surface area contributed by atoms with Crippen molar-refractivity contribution in [3.63, 3.8) is 0 Å². The standard InChI is InChI=1S/C8H14F2N2/c1-11-2-3-12-6-8(9,10)4-7(12)5-11/h7H,2-6H2,1H3/t7-/m1/s1. The van der Waals surface area contributed by atoms with Crippen LogP contribution in [0.2, 0.25) is 0 Å². The molecule has 2 nitrogen and oxygen atoms in total. The molecular formula is C8H14F2N2. The predicted octanol–water partition coefficient (Wildman–Crippen LogP) is 0.641. The topological polar surface area (TPSA) is 6.48 Å². The van der Waals surface area contributed by atoms with Crippen molar-refractivity contribution >= 4 is 0 Å². The van der Waals surface area contributed by atoms with E-state index in [2.05, 4.69) is 4.90 Å². The van der Waals surface area contributed by atoms with Crippen LogP contribution in [0.4, 0.5) is 8.78 Å². The van der Waals surface area contributed by atoms with Gasteiger partial charge in [0.15, 0.2) is 0 Å². The molecule has 4 heteroatoms. The van der Waals surface area contributed by atoms with E-state index in [1.165, 1.54) is 0 Å². The Hall–Kier alpha value is -0.220. The zero-order valence-electron chi connectivity index (χ0n) is 7.26. The van der Waals surface area contributed by atoms with Crippen LogP contribution >= 0.6 is 0 Å². The number of nitrogens with zero attached hydrogens (tertiary/aromatic N) is 2. The van der Waals surface area contributed by atoms with Gasteiger partial charge in [-0.1, -0.05) is 0 Å². The molecule has 0 N–H and O–H groups in total. The van der Waals surface area contributed by atoms with Gasteiger partial charge in [-0.05, 0) is 7.05 Å². The normalized spacial score (nSPS) is 36.8. The van der Waals surface area contributed by atoms with E-state index < -0.39 is 5.92 Å². The maximum absolute atomic E-state index is 12.9. The molecule has 2 rings (SSSR count). The lowest BCUT2D eigenvalue weighted by molar-refractivity contribution is 0.0121. The monoisotopic (exact) mass is 176 g/mol. The van der Waals surface area contributed by atoms with Gasteiger partial charge in [0.1, 0.15) is 0 Å². The molecule has 0 spiro atoms. The first-order valence-electron chi connectivity index (χ1n) is 4.37. The van der Waals surface area contributed by atoms with Gasteiger partial charge in [-0.2, -0.15) is 0 Å². The minimum Gasteiger partial charge on any atom is -0.304 e. The number of alkyl halides is 2. The second-order valence-electron chi connectivity index (χ2n) is 3.95. The molecule has 0 saturated carbocycles. The molecule has 0 aromatic carbocycles. The Morgan fingerprint density at radius 3 is 2.83 bits per heavy atom. The number of rotatable bonds is 0. The highest BCUT2D eigenvalue weighted by Gasteiger charge is 2.46. The molecule has 0 aliphatic carbocycles. The Bertz CT molecular complexity index is 184. The van der Waals surface area contributed by atoms with Crippen molar-refractivity contribution in [1.29, 1.82) is 0 Å². The van der Waals surface area contributed by atoms with Gasteiger partial charge in [-0.25, -0.2) is 8.78 Å². The summed E-state index contributed by atoms with van der Waals surface area (Å²) in [5.41, 5.74) is 0. The molecule has 0 aromatic heterocycles. The second kappa shape index (κ2) is 2.64. The van der Waals surface area contributed by atoms with Gasteiger partial charge in [0.25, 0.3) is 5.92 Å². The van der Waals surface area contributed by atoms with Crippen molar-refractivity contribution in [3.05, 3.63) is 0 Å². The Morgan fingerprint density at radius 2 is 2.08 bits per heavy atom. The van der Waals surface area contributed by atoms with Crippen LogP contribution in [0.15, 0.2) is 0 Å². The molecule has 2 saturated heterocycles. The van der Waals surface area contributed by atoms with Crippen LogP contribution in [-0.2, 0) is 0 Å². The average molecular weight is 176 g/mol. The number of halogens is 2. The van der Waals surface area contributed by atoms with Crippen LogP contribution in [0.25, 0.3) is 0 Å². The molecule has 12 heavy (non-hydrogen) atoms. The summed E-state index contributed by atoms with van der Waals surface area (Å²) in [4.78, 5) is 4.04. The summed E-state index contributed by atoms with van der Waals surface area (Å²) in [5, 5.41) is 0. The molecule has 0 unspecified atom stereocenters. The number of likely N-dealkylation sites (N-methyl/N-ethyl adjacent to an activating group) is 1. The molecule has 2 aliphatic heterocycles. The maximum atomic E-state index is 12.9. The third kappa shape index (κ3) is 1.45. The molecule has 2 fully saturated rings. The summed E-state index contributed by atoms with van der Waals surface area (Å²) in [5.74, 6) is -2.43. The smallest absolute Gasteiger partial charge is 0.262 e. The largest absolute Gasteiger partial charge is 0.304 e. The van der Waals surface area contributed by atoms with E-state index in [9.17, 15) is 8.78 Å². The van der Waals surface area contributed by atoms with Crippen LogP contribution in [0.5, 0.6) is 0 Å². The number of hydrogen-bond acceptors (Lipinski definition) is 2. The summed E-state index contributed by atoms with van der Waals surface area (Å²) in [6, 6.07) is 0.0961. The summed E-state index contributed by atoms with van der Waals surface area (Å²) in [6.07, 6.45) is 0.0529. The van der Waals surface area contributed by atoms with Crippen LogP contribution in [0.3, 0.4) is 0 Å². The molecule has 0 bridgehead atoms. The van der Waals surface area contributed by atoms with Gasteiger partial charge in [0.2, 0.25) is 0 Å². The predicted molar refractivity (Wildman–Crippen MR) is 42.4 cm³/mol. The average Bonchev–Trinajstić information content (AvgIpc) is 2.21. The number of hydrogen-bond donors (Lipinski definition) is 0. The van der Waals surface area contributed by atoms with Crippen LogP contribution in [0, 0.1) is 0 Å². The van der Waals surface area contributed by atoms with Crippen molar-refractivity contribution in [2.24, 2.45) is 0 Å². The van der Waals surface area contributed by atoms with E-state index in [4.69, 9.17) is 0 Å². The highest BCUT2D eigenvalue weighted by atomic mass is 19.3. The lowest BCUT2D eigenvalue weighted by Gasteiger charge is -2.34. The van der Waals surface area contributed by atoms with Crippen LogP contribution in [-0.4, -0.2) is 55.0 Å². The molecule has 0 amide bonds. The third-order valence-corrected chi connectivity index (χ3v) is 2.78. The van der Waals surface area contributed by atoms with Crippen LogP contribution < -0.4 is 0 Å². The van der Waals surface area contributed by atoms with E-state index in [0.29, 0.717) is 0 Å². The van der Waals surface area contributed by atoms with Crippen molar-refractivity contribution < 1.29 is 8.78 Å². The third-order valence-electron chi connectivity index (χ3n) is 2.78. The first-order chi connectivity index (χ1) is 5.57. The highest BCUT2D eigenvalue weighted by Crippen LogP contribution is 2.33. The number of fused-ring (bicyclic) bond motifs is 1. The summed E-state index contributed by atoms with van der Waals surface area (Å²) < 4.78 is 25.8. The van der Waals surface area contributed by atoms with Crippen molar-refractivity contribution in [1.82, 2.24) is 9.80 Å². The summed E-state index contributed by atoms with van der Waals surface area (Å²) in [6.45, 7) is 2.50. The van der Waals surface area contributed by atoms with Gasteiger partial charge >= 0.3 is 0 Å². The van der Waals surface area contributed by atoms with Gasteiger partial charge in [0.05, 0.1) is 6.54 Å². The van der Waals surface area contributed by atoms with Crippen LogP contribution in [0.1, 0.15) is 6.42 Å². The Morgan fingerprint density at radius 1 is 1.33 bits per heavy atom. The SMILES string of the molecule is CN1CCN2CC(F)(F)C[C@@H]2C1. The fourth-order valence-corrected chi connectivity index (χ4v) is 2.16. The lowest BCUT2D eigenvalue weighted by atomic mass is 10.1. The first kappa shape index (κ1) is 8.38. The molecular weight excluding hydrogens is 162 g/mol. The first-order valence-corrected chi connectivity index (χ1v) is 4.37. The zero-order valence-corrected chi connectivity index (χ0v) is 7.26. The molecule has 0 radical (unpaired) electrons. The Kier molecular flexibility index (Phi) is 1.84. The minimum atomic E-state index is -2.43. The van der Waals surface area contributed by atoms with Gasteiger partial charge in [0, 0.05) is 32.1 Å². The van der Waals surface area contributed by atoms with E-state index in [0.717, 1.165) is 19.6 Å². The summed E-state index contributed by atoms with van der Waals surface area (Å²) >= 11 is 0. The molecule has 1 atom stereocenters. The zero-order chi connectivity index (χ0) is 8.77. The van der Waals surface area contributed by atoms with E-state index >= 15 is 0 Å². The summed E-state index contributed by atoms with van der Waals surface area (Å²) in [7, 11) is 1.99. The van der Waals surface area contributed by atoms with Gasteiger partial charge in [-0.3, -0.25) is 4.90 Å². The van der Waals surface area contributed by atoms with E-state index in [1.54, 1.807) is 0 Å². The van der Waals surface area contributed by atoms with E-state index in [1.807, 2.05) is 11.9 Å². The molecule has 2 heterocycles. The minimum absolute atomic E-state index is 0.0223. The Labute approximate surface area is 71.1 Å².